The summed E-state index contributed by atoms with van der Waals surface area (Å²) in [7, 11) is 0. The Balaban J connectivity index is 1.74. The van der Waals surface area contributed by atoms with E-state index in [0.29, 0.717) is 29.5 Å². The van der Waals surface area contributed by atoms with E-state index in [4.69, 9.17) is 10.5 Å². The third-order valence-electron chi connectivity index (χ3n) is 2.31. The van der Waals surface area contributed by atoms with Crippen LogP contribution in [0, 0.1) is 0 Å². The molecule has 0 spiro atoms. The minimum absolute atomic E-state index is 0.0744. The number of carbonyl (C=O) groups excluding carboxylic acids is 1. The first-order valence-electron chi connectivity index (χ1n) is 5.56. The number of nitrogens with one attached hydrogen (secondary N) is 1. The van der Waals surface area contributed by atoms with Gasteiger partial charge in [0.15, 0.2) is 0 Å². The van der Waals surface area contributed by atoms with Crippen molar-refractivity contribution < 1.29 is 9.53 Å². The van der Waals surface area contributed by atoms with Crippen LogP contribution in [0.2, 0.25) is 0 Å². The summed E-state index contributed by atoms with van der Waals surface area (Å²) in [6, 6.07) is 10.9. The zero-order valence-corrected chi connectivity index (χ0v) is 10.6. The van der Waals surface area contributed by atoms with Crippen LogP contribution in [0.3, 0.4) is 0 Å². The number of thiophene rings is 1. The van der Waals surface area contributed by atoms with E-state index in [1.165, 1.54) is 11.3 Å². The highest BCUT2D eigenvalue weighted by atomic mass is 32.1. The van der Waals surface area contributed by atoms with Gasteiger partial charge in [0.2, 0.25) is 0 Å². The van der Waals surface area contributed by atoms with Crippen molar-refractivity contribution in [2.24, 2.45) is 0 Å². The Bertz CT molecular complexity index is 511. The van der Waals surface area contributed by atoms with E-state index in [1.54, 1.807) is 18.2 Å². The number of benzene rings is 1. The number of carbonyl (C=O) groups is 1. The molecule has 94 valence electrons. The Morgan fingerprint density at radius 3 is 2.83 bits per heavy atom. The second kappa shape index (κ2) is 6.07. The van der Waals surface area contributed by atoms with Gasteiger partial charge in [-0.15, -0.1) is 11.3 Å². The number of nitrogens with two attached hydrogens (primary N) is 1. The molecule has 0 saturated heterocycles. The first-order valence-corrected chi connectivity index (χ1v) is 6.44. The number of nitrogen functional groups attached to an aromatic ring is 1. The summed E-state index contributed by atoms with van der Waals surface area (Å²) in [6.45, 7) is 0.844. The zero-order valence-electron chi connectivity index (χ0n) is 9.76. The number of anilines is 1. The third-order valence-corrected chi connectivity index (χ3v) is 3.18. The fraction of sp³-hybridized carbons (Fsp3) is 0.154. The van der Waals surface area contributed by atoms with Gasteiger partial charge in [-0.05, 0) is 23.6 Å². The molecule has 1 heterocycles. The molecule has 0 fully saturated rings. The standard InChI is InChI=1S/C13H14N2O2S/c14-10-4-1-2-5-11(10)17-8-7-15-13(16)12-6-3-9-18-12/h1-6,9H,7-8,14H2,(H,15,16). The summed E-state index contributed by atoms with van der Waals surface area (Å²) >= 11 is 1.42. The van der Waals surface area contributed by atoms with E-state index < -0.39 is 0 Å². The van der Waals surface area contributed by atoms with E-state index >= 15 is 0 Å². The van der Waals surface area contributed by atoms with Gasteiger partial charge < -0.3 is 15.8 Å². The molecule has 18 heavy (non-hydrogen) atoms. The van der Waals surface area contributed by atoms with E-state index in [-0.39, 0.29) is 5.91 Å². The topological polar surface area (TPSA) is 64.3 Å². The Morgan fingerprint density at radius 2 is 2.11 bits per heavy atom. The number of hydrogen-bond acceptors (Lipinski definition) is 4. The highest BCUT2D eigenvalue weighted by Gasteiger charge is 2.05. The van der Waals surface area contributed by atoms with Crippen molar-refractivity contribution >= 4 is 22.9 Å². The molecule has 0 aliphatic carbocycles. The lowest BCUT2D eigenvalue weighted by Crippen LogP contribution is -2.27. The molecule has 0 aliphatic heterocycles. The highest BCUT2D eigenvalue weighted by Crippen LogP contribution is 2.19. The first-order chi connectivity index (χ1) is 8.77. The number of ether oxygens (including phenoxy) is 1. The molecule has 1 amide bonds. The van der Waals surface area contributed by atoms with Gasteiger partial charge in [-0.2, -0.15) is 0 Å². The van der Waals surface area contributed by atoms with Crippen molar-refractivity contribution in [2.45, 2.75) is 0 Å². The van der Waals surface area contributed by atoms with Gasteiger partial charge in [-0.3, -0.25) is 4.79 Å². The normalized spacial score (nSPS) is 10.0. The van der Waals surface area contributed by atoms with E-state index in [0.717, 1.165) is 0 Å². The van der Waals surface area contributed by atoms with Gasteiger partial charge in [0.25, 0.3) is 5.91 Å². The maximum absolute atomic E-state index is 11.6. The van der Waals surface area contributed by atoms with Crippen molar-refractivity contribution in [3.8, 4) is 5.75 Å². The predicted molar refractivity (Wildman–Crippen MR) is 73.0 cm³/mol. The molecule has 4 nitrogen and oxygen atoms in total. The molecule has 1 aromatic carbocycles. The lowest BCUT2D eigenvalue weighted by molar-refractivity contribution is 0.0951. The van der Waals surface area contributed by atoms with Crippen molar-refractivity contribution in [1.29, 1.82) is 0 Å². The average molecular weight is 262 g/mol. The summed E-state index contributed by atoms with van der Waals surface area (Å²) in [5, 5.41) is 4.65. The molecule has 3 N–H and O–H groups in total. The van der Waals surface area contributed by atoms with Crippen LogP contribution in [0.15, 0.2) is 41.8 Å². The third kappa shape index (κ3) is 3.24. The largest absolute Gasteiger partial charge is 0.490 e. The SMILES string of the molecule is Nc1ccccc1OCCNC(=O)c1cccs1. The van der Waals surface area contributed by atoms with Gasteiger partial charge in [0.1, 0.15) is 12.4 Å². The Labute approximate surface area is 109 Å². The predicted octanol–water partition coefficient (Wildman–Crippen LogP) is 2.14. The van der Waals surface area contributed by atoms with Crippen LogP contribution >= 0.6 is 11.3 Å². The highest BCUT2D eigenvalue weighted by molar-refractivity contribution is 7.12. The van der Waals surface area contributed by atoms with Gasteiger partial charge in [-0.25, -0.2) is 0 Å². The molecule has 0 atom stereocenters. The van der Waals surface area contributed by atoms with Crippen LogP contribution in [0.5, 0.6) is 5.75 Å². The Kier molecular flexibility index (Phi) is 4.20. The van der Waals surface area contributed by atoms with Gasteiger partial charge >= 0.3 is 0 Å². The van der Waals surface area contributed by atoms with Crippen LogP contribution in [0.1, 0.15) is 9.67 Å². The lowest BCUT2D eigenvalue weighted by atomic mass is 10.3. The van der Waals surface area contributed by atoms with Crippen molar-refractivity contribution in [2.75, 3.05) is 18.9 Å². The van der Waals surface area contributed by atoms with Crippen molar-refractivity contribution in [3.05, 3.63) is 46.7 Å². The van der Waals surface area contributed by atoms with Crippen LogP contribution in [-0.2, 0) is 0 Å². The molecule has 0 bridgehead atoms. The summed E-state index contributed by atoms with van der Waals surface area (Å²) in [4.78, 5) is 12.3. The molecule has 2 aromatic rings. The minimum Gasteiger partial charge on any atom is -0.490 e. The molecular formula is C13H14N2O2S. The fourth-order valence-corrected chi connectivity index (χ4v) is 2.07. The smallest absolute Gasteiger partial charge is 0.261 e. The number of hydrogen-bond donors (Lipinski definition) is 2. The van der Waals surface area contributed by atoms with E-state index in [2.05, 4.69) is 5.32 Å². The maximum atomic E-state index is 11.6. The minimum atomic E-state index is -0.0744. The maximum Gasteiger partial charge on any atom is 0.261 e. The van der Waals surface area contributed by atoms with Gasteiger partial charge in [0, 0.05) is 0 Å². The Hall–Kier alpha value is -2.01. The fourth-order valence-electron chi connectivity index (χ4n) is 1.43. The van der Waals surface area contributed by atoms with Crippen LogP contribution in [0.4, 0.5) is 5.69 Å². The summed E-state index contributed by atoms with van der Waals surface area (Å²) in [6.07, 6.45) is 0. The molecule has 1 aromatic heterocycles. The quantitative estimate of drug-likeness (QED) is 0.641. The van der Waals surface area contributed by atoms with Crippen LogP contribution in [0.25, 0.3) is 0 Å². The van der Waals surface area contributed by atoms with Crippen LogP contribution < -0.4 is 15.8 Å². The molecule has 0 radical (unpaired) electrons. The molecule has 5 heteroatoms. The van der Waals surface area contributed by atoms with E-state index in [9.17, 15) is 4.79 Å². The molecule has 0 unspecified atom stereocenters. The van der Waals surface area contributed by atoms with E-state index in [1.807, 2.05) is 23.6 Å². The molecule has 2 rings (SSSR count). The van der Waals surface area contributed by atoms with Crippen molar-refractivity contribution in [3.63, 3.8) is 0 Å². The first kappa shape index (κ1) is 12.4. The zero-order chi connectivity index (χ0) is 12.8. The van der Waals surface area contributed by atoms with Gasteiger partial charge in [-0.1, -0.05) is 18.2 Å². The monoisotopic (exact) mass is 262 g/mol. The van der Waals surface area contributed by atoms with Crippen molar-refractivity contribution in [1.82, 2.24) is 5.32 Å². The number of rotatable bonds is 5. The molecular weight excluding hydrogens is 248 g/mol. The number of amides is 1. The summed E-state index contributed by atoms with van der Waals surface area (Å²) in [5.41, 5.74) is 6.33. The second-order valence-electron chi connectivity index (χ2n) is 3.62. The average Bonchev–Trinajstić information content (AvgIpc) is 2.90. The second-order valence-corrected chi connectivity index (χ2v) is 4.57. The molecule has 0 aliphatic rings. The molecule has 0 saturated carbocycles. The Morgan fingerprint density at radius 1 is 1.28 bits per heavy atom. The summed E-state index contributed by atoms with van der Waals surface area (Å²) < 4.78 is 5.47. The van der Waals surface area contributed by atoms with Gasteiger partial charge in [0.05, 0.1) is 17.1 Å². The summed E-state index contributed by atoms with van der Waals surface area (Å²) in [5.74, 6) is 0.567. The lowest BCUT2D eigenvalue weighted by Gasteiger charge is -2.08. The van der Waals surface area contributed by atoms with Crippen LogP contribution in [-0.4, -0.2) is 19.1 Å². The number of para-hydroxylation sites is 2.